The molecule has 0 spiro atoms. The molecule has 0 radical (unpaired) electrons. The zero-order valence-electron chi connectivity index (χ0n) is 19.4. The van der Waals surface area contributed by atoms with Crippen LogP contribution in [0.4, 0.5) is 0 Å². The number of rotatable bonds is 4. The van der Waals surface area contributed by atoms with Crippen molar-refractivity contribution in [2.75, 3.05) is 0 Å². The topological polar surface area (TPSA) is 127 Å². The third-order valence-electron chi connectivity index (χ3n) is 6.52. The summed E-state index contributed by atoms with van der Waals surface area (Å²) in [6.07, 6.45) is 1.17. The van der Waals surface area contributed by atoms with Crippen molar-refractivity contribution in [3.05, 3.63) is 105 Å². The number of phenolic OH excluding ortho intramolecular Hbond substituents is 1. The molecule has 0 saturated heterocycles. The molecular weight excluding hydrogens is 512 g/mol. The lowest BCUT2D eigenvalue weighted by molar-refractivity contribution is -0.135. The minimum atomic E-state index is -1.11. The average Bonchev–Trinajstić information content (AvgIpc) is 3.39. The first kappa shape index (κ1) is 23.6. The van der Waals surface area contributed by atoms with Crippen LogP contribution in [0.5, 0.6) is 11.5 Å². The first-order valence-electron chi connectivity index (χ1n) is 11.5. The Hall–Kier alpha value is -4.82. The predicted octanol–water partition coefficient (Wildman–Crippen LogP) is 6.22. The summed E-state index contributed by atoms with van der Waals surface area (Å²) in [5.74, 6) is -2.10. The number of hydrogen-bond acceptors (Lipinski definition) is 7. The predicted molar refractivity (Wildman–Crippen MR) is 138 cm³/mol. The third-order valence-corrected chi connectivity index (χ3v) is 6.77. The van der Waals surface area contributed by atoms with Gasteiger partial charge < -0.3 is 23.8 Å². The Balaban J connectivity index is 1.52. The van der Waals surface area contributed by atoms with Crippen molar-refractivity contribution in [1.29, 1.82) is 0 Å². The minimum Gasteiger partial charge on any atom is -0.507 e. The molecule has 1 atom stereocenters. The number of ether oxygens (including phenoxy) is 1. The van der Waals surface area contributed by atoms with Gasteiger partial charge in [-0.1, -0.05) is 41.9 Å². The van der Waals surface area contributed by atoms with E-state index in [1.165, 1.54) is 18.4 Å². The normalized spacial score (nSPS) is 14.8. The van der Waals surface area contributed by atoms with Gasteiger partial charge in [-0.15, -0.1) is 0 Å². The summed E-state index contributed by atoms with van der Waals surface area (Å²) < 4.78 is 17.4. The standard InChI is InChI=1S/C29H17ClO8/c30-15-7-5-14(6-8-15)19-13-36-28-25-18(11-24(32)38-23(25)12-20(31)26(28)27(19)33)22-10-9-21(37-22)16-3-1-2-4-17(16)29(34)35/h1-10,12-13,18,31H,11H2,(H,34,35). The highest BCUT2D eigenvalue weighted by molar-refractivity contribution is 6.30. The monoisotopic (exact) mass is 528 g/mol. The average molecular weight is 529 g/mol. The maximum atomic E-state index is 13.5. The number of aromatic hydroxyl groups is 1. The molecule has 2 aromatic heterocycles. The number of hydrogen-bond donors (Lipinski definition) is 2. The summed E-state index contributed by atoms with van der Waals surface area (Å²) in [5.41, 5.74) is 1.17. The molecule has 0 bridgehead atoms. The van der Waals surface area contributed by atoms with E-state index in [1.54, 1.807) is 54.6 Å². The number of carbonyl (C=O) groups is 2. The summed E-state index contributed by atoms with van der Waals surface area (Å²) >= 11 is 5.97. The van der Waals surface area contributed by atoms with Gasteiger partial charge in [0.05, 0.1) is 23.5 Å². The molecule has 1 aliphatic heterocycles. The summed E-state index contributed by atoms with van der Waals surface area (Å²) in [6.45, 7) is 0. The highest BCUT2D eigenvalue weighted by atomic mass is 35.5. The van der Waals surface area contributed by atoms with Crippen LogP contribution in [0, 0.1) is 0 Å². The maximum absolute atomic E-state index is 13.5. The van der Waals surface area contributed by atoms with Gasteiger partial charge in [-0.3, -0.25) is 9.59 Å². The maximum Gasteiger partial charge on any atom is 0.336 e. The van der Waals surface area contributed by atoms with E-state index in [0.29, 0.717) is 33.2 Å². The van der Waals surface area contributed by atoms with E-state index in [2.05, 4.69) is 0 Å². The second kappa shape index (κ2) is 8.93. The molecule has 8 nitrogen and oxygen atoms in total. The molecule has 3 aromatic carbocycles. The van der Waals surface area contributed by atoms with Crippen LogP contribution in [-0.4, -0.2) is 22.2 Å². The fourth-order valence-electron chi connectivity index (χ4n) is 4.77. The lowest BCUT2D eigenvalue weighted by Gasteiger charge is -2.24. The molecule has 9 heteroatoms. The van der Waals surface area contributed by atoms with Gasteiger partial charge >= 0.3 is 11.9 Å². The largest absolute Gasteiger partial charge is 0.507 e. The molecule has 0 aliphatic carbocycles. The molecule has 0 amide bonds. The van der Waals surface area contributed by atoms with Crippen LogP contribution in [0.3, 0.4) is 0 Å². The molecule has 6 rings (SSSR count). The first-order chi connectivity index (χ1) is 18.3. The zero-order chi connectivity index (χ0) is 26.6. The SMILES string of the molecule is O=C1CC(c2ccc(-c3ccccc3C(=O)O)o2)c2c(cc(O)c3c(=O)c(-c4ccc(Cl)cc4)coc23)O1. The fourth-order valence-corrected chi connectivity index (χ4v) is 4.90. The van der Waals surface area contributed by atoms with Crippen molar-refractivity contribution >= 4 is 34.5 Å². The summed E-state index contributed by atoms with van der Waals surface area (Å²) in [6, 6.07) is 17.5. The molecule has 1 aliphatic rings. The van der Waals surface area contributed by atoms with Crippen LogP contribution in [0.1, 0.15) is 34.0 Å². The quantitative estimate of drug-likeness (QED) is 0.208. The number of benzene rings is 3. The van der Waals surface area contributed by atoms with E-state index in [9.17, 15) is 24.6 Å². The van der Waals surface area contributed by atoms with Gasteiger partial charge in [-0.2, -0.15) is 0 Å². The Labute approximate surface area is 219 Å². The minimum absolute atomic E-state index is 0.0440. The van der Waals surface area contributed by atoms with Crippen molar-refractivity contribution in [2.45, 2.75) is 12.3 Å². The van der Waals surface area contributed by atoms with E-state index in [0.717, 1.165) is 0 Å². The Morgan fingerprint density at radius 2 is 1.74 bits per heavy atom. The first-order valence-corrected chi connectivity index (χ1v) is 11.9. The second-order valence-electron chi connectivity index (χ2n) is 8.78. The van der Waals surface area contributed by atoms with Gasteiger partial charge in [0.25, 0.3) is 0 Å². The van der Waals surface area contributed by atoms with Crippen LogP contribution >= 0.6 is 11.6 Å². The zero-order valence-corrected chi connectivity index (χ0v) is 20.2. The molecule has 5 aromatic rings. The molecule has 38 heavy (non-hydrogen) atoms. The van der Waals surface area contributed by atoms with Crippen LogP contribution in [-0.2, 0) is 4.79 Å². The molecule has 0 saturated carbocycles. The van der Waals surface area contributed by atoms with E-state index in [4.69, 9.17) is 25.2 Å². The second-order valence-corrected chi connectivity index (χ2v) is 9.22. The van der Waals surface area contributed by atoms with E-state index in [1.807, 2.05) is 0 Å². The summed E-state index contributed by atoms with van der Waals surface area (Å²) in [4.78, 5) is 37.7. The summed E-state index contributed by atoms with van der Waals surface area (Å²) in [7, 11) is 0. The molecule has 0 fully saturated rings. The van der Waals surface area contributed by atoms with Crippen molar-refractivity contribution in [2.24, 2.45) is 0 Å². The fraction of sp³-hybridized carbons (Fsp3) is 0.0690. The van der Waals surface area contributed by atoms with Crippen molar-refractivity contribution in [1.82, 2.24) is 0 Å². The van der Waals surface area contributed by atoms with Gasteiger partial charge in [0.1, 0.15) is 40.3 Å². The van der Waals surface area contributed by atoms with Gasteiger partial charge in [0.15, 0.2) is 0 Å². The Kier molecular flexibility index (Phi) is 5.54. The van der Waals surface area contributed by atoms with Gasteiger partial charge in [0, 0.05) is 22.2 Å². The number of esters is 1. The highest BCUT2D eigenvalue weighted by Crippen LogP contribution is 2.46. The number of furan rings is 1. The Morgan fingerprint density at radius 1 is 0.974 bits per heavy atom. The van der Waals surface area contributed by atoms with Crippen molar-refractivity contribution in [3.8, 4) is 33.9 Å². The lowest BCUT2D eigenvalue weighted by Crippen LogP contribution is -2.21. The van der Waals surface area contributed by atoms with Crippen molar-refractivity contribution in [3.63, 3.8) is 0 Å². The number of aromatic carboxylic acids is 1. The smallest absolute Gasteiger partial charge is 0.336 e. The van der Waals surface area contributed by atoms with Crippen LogP contribution in [0.2, 0.25) is 5.02 Å². The van der Waals surface area contributed by atoms with E-state index >= 15 is 0 Å². The molecule has 188 valence electrons. The number of carbonyl (C=O) groups excluding carboxylic acids is 1. The molecule has 2 N–H and O–H groups in total. The van der Waals surface area contributed by atoms with Gasteiger partial charge in [-0.05, 0) is 35.9 Å². The van der Waals surface area contributed by atoms with Crippen LogP contribution < -0.4 is 10.2 Å². The Morgan fingerprint density at radius 3 is 2.50 bits per heavy atom. The summed E-state index contributed by atoms with van der Waals surface area (Å²) in [5, 5.41) is 20.7. The number of fused-ring (bicyclic) bond motifs is 3. The Bertz CT molecular complexity index is 1810. The van der Waals surface area contributed by atoms with E-state index < -0.39 is 29.0 Å². The van der Waals surface area contributed by atoms with Crippen LogP contribution in [0.25, 0.3) is 33.4 Å². The van der Waals surface area contributed by atoms with Crippen LogP contribution in [0.15, 0.2) is 86.6 Å². The third kappa shape index (κ3) is 3.82. The highest BCUT2D eigenvalue weighted by Gasteiger charge is 2.35. The molecule has 1 unspecified atom stereocenters. The number of carboxylic acid groups (broad SMARTS) is 1. The van der Waals surface area contributed by atoms with E-state index in [-0.39, 0.29) is 34.3 Å². The van der Waals surface area contributed by atoms with Crippen molar-refractivity contribution < 1.29 is 33.4 Å². The molecular formula is C29H17ClO8. The number of phenols is 1. The number of halogens is 1. The molecule has 3 heterocycles. The lowest BCUT2D eigenvalue weighted by atomic mass is 9.88. The number of carboxylic acids is 1. The van der Waals surface area contributed by atoms with Gasteiger partial charge in [0.2, 0.25) is 5.43 Å². The van der Waals surface area contributed by atoms with Gasteiger partial charge in [-0.25, -0.2) is 4.79 Å².